The molecule has 0 aliphatic carbocycles. The summed E-state index contributed by atoms with van der Waals surface area (Å²) in [5.41, 5.74) is 4.76. The minimum Gasteiger partial charge on any atom is -0.493 e. The molecule has 3 aromatic carbocycles. The summed E-state index contributed by atoms with van der Waals surface area (Å²) in [6.07, 6.45) is 3.19. The maximum absolute atomic E-state index is 12.5. The van der Waals surface area contributed by atoms with Crippen molar-refractivity contribution in [3.8, 4) is 28.5 Å². The van der Waals surface area contributed by atoms with Crippen LogP contribution in [0.4, 0.5) is 5.13 Å². The molecule has 0 aliphatic rings. The monoisotopic (exact) mass is 500 g/mol. The SMILES string of the molecule is CCOc1ccccc1-c1csc(NC(=O)/C=C/c2ccc(OCc3ccccc3C)c(OC)c2)n1. The molecule has 184 valence electrons. The van der Waals surface area contributed by atoms with Gasteiger partial charge < -0.3 is 14.2 Å². The molecule has 0 bridgehead atoms. The van der Waals surface area contributed by atoms with Gasteiger partial charge in [-0.15, -0.1) is 11.3 Å². The smallest absolute Gasteiger partial charge is 0.250 e. The number of nitrogens with zero attached hydrogens (tertiary/aromatic N) is 1. The standard InChI is InChI=1S/C29H28N2O4S/c1-4-34-25-12-8-7-11-23(25)24-19-36-29(30-24)31-28(32)16-14-21-13-15-26(27(17-21)33-3)35-18-22-10-6-5-9-20(22)2/h5-17,19H,4,18H2,1-3H3,(H,30,31,32)/b16-14+. The predicted octanol–water partition coefficient (Wildman–Crippen LogP) is 6.76. The highest BCUT2D eigenvalue weighted by Gasteiger charge is 2.11. The van der Waals surface area contributed by atoms with E-state index in [-0.39, 0.29) is 5.91 Å². The van der Waals surface area contributed by atoms with Gasteiger partial charge >= 0.3 is 0 Å². The Morgan fingerprint density at radius 3 is 2.61 bits per heavy atom. The van der Waals surface area contributed by atoms with Crippen LogP contribution in [-0.2, 0) is 11.4 Å². The molecule has 36 heavy (non-hydrogen) atoms. The Morgan fingerprint density at radius 2 is 1.81 bits per heavy atom. The molecule has 4 aromatic rings. The first-order valence-corrected chi connectivity index (χ1v) is 12.5. The van der Waals surface area contributed by atoms with Crippen LogP contribution in [-0.4, -0.2) is 24.6 Å². The number of aryl methyl sites for hydroxylation is 1. The lowest BCUT2D eigenvalue weighted by molar-refractivity contribution is -0.111. The summed E-state index contributed by atoms with van der Waals surface area (Å²) in [5.74, 6) is 1.74. The summed E-state index contributed by atoms with van der Waals surface area (Å²) in [6, 6.07) is 21.4. The van der Waals surface area contributed by atoms with E-state index in [9.17, 15) is 4.79 Å². The molecule has 0 atom stereocenters. The van der Waals surface area contributed by atoms with Crippen LogP contribution < -0.4 is 19.5 Å². The third kappa shape index (κ3) is 6.31. The number of methoxy groups -OCH3 is 1. The van der Waals surface area contributed by atoms with Gasteiger partial charge in [0.15, 0.2) is 16.6 Å². The maximum atomic E-state index is 12.5. The van der Waals surface area contributed by atoms with Crippen LogP contribution >= 0.6 is 11.3 Å². The summed E-state index contributed by atoms with van der Waals surface area (Å²) in [6.45, 7) is 5.02. The molecule has 0 radical (unpaired) electrons. The minimum absolute atomic E-state index is 0.271. The van der Waals surface area contributed by atoms with Crippen LogP contribution in [0.3, 0.4) is 0 Å². The number of para-hydroxylation sites is 1. The van der Waals surface area contributed by atoms with Crippen molar-refractivity contribution in [2.75, 3.05) is 19.0 Å². The zero-order chi connectivity index (χ0) is 25.3. The van der Waals surface area contributed by atoms with Crippen molar-refractivity contribution in [3.63, 3.8) is 0 Å². The average Bonchev–Trinajstić information content (AvgIpc) is 3.36. The van der Waals surface area contributed by atoms with E-state index in [0.29, 0.717) is 29.8 Å². The third-order valence-corrected chi connectivity index (χ3v) is 6.21. The molecule has 4 rings (SSSR count). The molecule has 1 N–H and O–H groups in total. The number of benzene rings is 3. The van der Waals surface area contributed by atoms with Crippen molar-refractivity contribution in [1.29, 1.82) is 0 Å². The highest BCUT2D eigenvalue weighted by molar-refractivity contribution is 7.14. The lowest BCUT2D eigenvalue weighted by atomic mass is 10.1. The maximum Gasteiger partial charge on any atom is 0.250 e. The fourth-order valence-corrected chi connectivity index (χ4v) is 4.28. The van der Waals surface area contributed by atoms with Crippen molar-refractivity contribution < 1.29 is 19.0 Å². The fraction of sp³-hybridized carbons (Fsp3) is 0.172. The number of thiazole rings is 1. The molecule has 7 heteroatoms. The second-order valence-corrected chi connectivity index (χ2v) is 8.77. The zero-order valence-electron chi connectivity index (χ0n) is 20.5. The number of anilines is 1. The number of hydrogen-bond acceptors (Lipinski definition) is 6. The molecule has 0 saturated heterocycles. The van der Waals surface area contributed by atoms with Gasteiger partial charge in [0.25, 0.3) is 0 Å². The number of carbonyl (C=O) groups is 1. The van der Waals surface area contributed by atoms with Gasteiger partial charge in [-0.25, -0.2) is 4.98 Å². The van der Waals surface area contributed by atoms with E-state index in [2.05, 4.69) is 23.3 Å². The number of hydrogen-bond donors (Lipinski definition) is 1. The van der Waals surface area contributed by atoms with E-state index < -0.39 is 0 Å². The molecule has 6 nitrogen and oxygen atoms in total. The Kier molecular flexibility index (Phi) is 8.36. The van der Waals surface area contributed by atoms with Crippen molar-refractivity contribution in [1.82, 2.24) is 4.98 Å². The van der Waals surface area contributed by atoms with Crippen LogP contribution in [0.2, 0.25) is 0 Å². The second-order valence-electron chi connectivity index (χ2n) is 7.92. The van der Waals surface area contributed by atoms with Gasteiger partial charge in [-0.2, -0.15) is 0 Å². The van der Waals surface area contributed by atoms with E-state index >= 15 is 0 Å². The Bertz CT molecular complexity index is 1360. The van der Waals surface area contributed by atoms with E-state index in [1.165, 1.54) is 23.0 Å². The Morgan fingerprint density at radius 1 is 1.00 bits per heavy atom. The lowest BCUT2D eigenvalue weighted by Gasteiger charge is -2.12. The largest absolute Gasteiger partial charge is 0.493 e. The number of carbonyl (C=O) groups excluding carboxylic acids is 1. The van der Waals surface area contributed by atoms with Crippen LogP contribution in [0.5, 0.6) is 17.2 Å². The van der Waals surface area contributed by atoms with Gasteiger partial charge in [-0.3, -0.25) is 10.1 Å². The summed E-state index contributed by atoms with van der Waals surface area (Å²) >= 11 is 1.36. The number of amides is 1. The molecule has 0 spiro atoms. The fourth-order valence-electron chi connectivity index (χ4n) is 3.57. The van der Waals surface area contributed by atoms with Gasteiger partial charge in [-0.1, -0.05) is 42.5 Å². The van der Waals surface area contributed by atoms with E-state index in [1.54, 1.807) is 13.2 Å². The Balaban J connectivity index is 1.39. The molecule has 0 fully saturated rings. The Labute approximate surface area is 215 Å². The Hall–Kier alpha value is -4.10. The van der Waals surface area contributed by atoms with Gasteiger partial charge in [-0.05, 0) is 60.9 Å². The number of rotatable bonds is 10. The van der Waals surface area contributed by atoms with Crippen LogP contribution in [0.15, 0.2) is 78.2 Å². The van der Waals surface area contributed by atoms with E-state index in [4.69, 9.17) is 14.2 Å². The second kappa shape index (κ2) is 12.0. The molecule has 1 amide bonds. The van der Waals surface area contributed by atoms with Crippen molar-refractivity contribution >= 4 is 28.5 Å². The number of ether oxygens (including phenoxy) is 3. The van der Waals surface area contributed by atoms with Gasteiger partial charge in [0.05, 0.1) is 19.4 Å². The van der Waals surface area contributed by atoms with Crippen molar-refractivity contribution in [3.05, 3.63) is 94.9 Å². The first-order chi connectivity index (χ1) is 17.6. The van der Waals surface area contributed by atoms with Crippen LogP contribution in [0.1, 0.15) is 23.6 Å². The van der Waals surface area contributed by atoms with Crippen molar-refractivity contribution in [2.24, 2.45) is 0 Å². The molecule has 0 saturated carbocycles. The zero-order valence-corrected chi connectivity index (χ0v) is 21.3. The molecule has 0 aliphatic heterocycles. The highest BCUT2D eigenvalue weighted by atomic mass is 32.1. The van der Waals surface area contributed by atoms with Crippen LogP contribution in [0, 0.1) is 6.92 Å². The summed E-state index contributed by atoms with van der Waals surface area (Å²) in [5, 5.41) is 5.24. The van der Waals surface area contributed by atoms with Gasteiger partial charge in [0, 0.05) is 17.0 Å². The quantitative estimate of drug-likeness (QED) is 0.244. The van der Waals surface area contributed by atoms with E-state index in [0.717, 1.165) is 28.1 Å². The predicted molar refractivity (Wildman–Crippen MR) is 145 cm³/mol. The normalized spacial score (nSPS) is 10.9. The third-order valence-electron chi connectivity index (χ3n) is 5.46. The molecular formula is C29H28N2O4S. The van der Waals surface area contributed by atoms with Gasteiger partial charge in [0.2, 0.25) is 5.91 Å². The summed E-state index contributed by atoms with van der Waals surface area (Å²) in [7, 11) is 1.60. The number of aromatic nitrogens is 1. The summed E-state index contributed by atoms with van der Waals surface area (Å²) < 4.78 is 17.2. The molecule has 1 aromatic heterocycles. The topological polar surface area (TPSA) is 69.7 Å². The van der Waals surface area contributed by atoms with Gasteiger partial charge in [0.1, 0.15) is 12.4 Å². The highest BCUT2D eigenvalue weighted by Crippen LogP contribution is 2.32. The van der Waals surface area contributed by atoms with E-state index in [1.807, 2.05) is 73.0 Å². The van der Waals surface area contributed by atoms with Crippen LogP contribution in [0.25, 0.3) is 17.3 Å². The molecular weight excluding hydrogens is 472 g/mol. The lowest BCUT2D eigenvalue weighted by Crippen LogP contribution is -2.07. The first-order valence-electron chi connectivity index (χ1n) is 11.6. The molecule has 1 heterocycles. The first kappa shape index (κ1) is 25.0. The average molecular weight is 501 g/mol. The number of nitrogens with one attached hydrogen (secondary N) is 1. The minimum atomic E-state index is -0.271. The van der Waals surface area contributed by atoms with Crippen molar-refractivity contribution in [2.45, 2.75) is 20.5 Å². The summed E-state index contributed by atoms with van der Waals surface area (Å²) in [4.78, 5) is 17.0. The molecule has 0 unspecified atom stereocenters.